The van der Waals surface area contributed by atoms with Gasteiger partial charge in [-0.1, -0.05) is 41.9 Å². The molecule has 0 fully saturated rings. The van der Waals surface area contributed by atoms with Crippen LogP contribution in [0.1, 0.15) is 24.5 Å². The van der Waals surface area contributed by atoms with Gasteiger partial charge in [-0.2, -0.15) is 5.26 Å². The van der Waals surface area contributed by atoms with E-state index >= 15 is 0 Å². The van der Waals surface area contributed by atoms with Crippen molar-refractivity contribution < 1.29 is 5.11 Å². The minimum Gasteiger partial charge on any atom is -0.385 e. The average Bonchev–Trinajstić information content (AvgIpc) is 2.48. The van der Waals surface area contributed by atoms with Gasteiger partial charge in [0.2, 0.25) is 0 Å². The summed E-state index contributed by atoms with van der Waals surface area (Å²) in [6, 6.07) is 16.7. The molecular weight excluding hydrogens is 284 g/mol. The predicted molar refractivity (Wildman–Crippen MR) is 85.3 cm³/mol. The highest BCUT2D eigenvalue weighted by Gasteiger charge is 2.22. The van der Waals surface area contributed by atoms with Gasteiger partial charge in [0.25, 0.3) is 0 Å². The Hall–Kier alpha value is -2.02. The molecule has 0 saturated heterocycles. The summed E-state index contributed by atoms with van der Waals surface area (Å²) in [7, 11) is 0. The van der Waals surface area contributed by atoms with Gasteiger partial charge >= 0.3 is 0 Å². The summed E-state index contributed by atoms with van der Waals surface area (Å²) in [4.78, 5) is 0. The van der Waals surface area contributed by atoms with Crippen molar-refractivity contribution in [3.63, 3.8) is 0 Å². The van der Waals surface area contributed by atoms with Crippen LogP contribution in [0.5, 0.6) is 0 Å². The highest BCUT2D eigenvalue weighted by Crippen LogP contribution is 2.25. The molecule has 2 rings (SSSR count). The largest absolute Gasteiger partial charge is 0.385 e. The van der Waals surface area contributed by atoms with E-state index in [4.69, 9.17) is 16.9 Å². The third-order valence-corrected chi connectivity index (χ3v) is 3.66. The number of benzene rings is 2. The topological polar surface area (TPSA) is 56.0 Å². The molecule has 0 aromatic heterocycles. The van der Waals surface area contributed by atoms with E-state index in [-0.39, 0.29) is 0 Å². The van der Waals surface area contributed by atoms with Gasteiger partial charge in [0.05, 0.1) is 16.9 Å². The van der Waals surface area contributed by atoms with Crippen LogP contribution in [-0.2, 0) is 5.60 Å². The van der Waals surface area contributed by atoms with Crippen molar-refractivity contribution >= 4 is 17.3 Å². The lowest BCUT2D eigenvalue weighted by atomic mass is 9.92. The number of halogens is 1. The van der Waals surface area contributed by atoms with Gasteiger partial charge in [0, 0.05) is 11.6 Å². The number of aliphatic hydroxyl groups is 1. The summed E-state index contributed by atoms with van der Waals surface area (Å²) in [6.07, 6.45) is 0.522. The Bertz CT molecular complexity index is 648. The predicted octanol–water partition coefficient (Wildman–Crippen LogP) is 3.92. The molecule has 0 aliphatic carbocycles. The van der Waals surface area contributed by atoms with Crippen LogP contribution in [0.4, 0.5) is 5.69 Å². The number of nitrogens with one attached hydrogen (secondary N) is 1. The van der Waals surface area contributed by atoms with Gasteiger partial charge in [-0.25, -0.2) is 0 Å². The second kappa shape index (κ2) is 6.62. The van der Waals surface area contributed by atoms with Crippen LogP contribution in [0.2, 0.25) is 5.02 Å². The maximum Gasteiger partial charge on any atom is 0.101 e. The van der Waals surface area contributed by atoms with Crippen LogP contribution in [0.15, 0.2) is 48.5 Å². The number of nitrogens with zero attached hydrogens (tertiary/aromatic N) is 1. The van der Waals surface area contributed by atoms with Crippen molar-refractivity contribution in [2.45, 2.75) is 18.9 Å². The molecule has 1 atom stereocenters. The third kappa shape index (κ3) is 3.98. The first-order valence-corrected chi connectivity index (χ1v) is 7.12. The number of hydrogen-bond acceptors (Lipinski definition) is 3. The van der Waals surface area contributed by atoms with Crippen LogP contribution in [0, 0.1) is 11.3 Å². The van der Waals surface area contributed by atoms with Gasteiger partial charge in [-0.05, 0) is 37.1 Å². The summed E-state index contributed by atoms with van der Waals surface area (Å²) < 4.78 is 0. The Labute approximate surface area is 129 Å². The van der Waals surface area contributed by atoms with E-state index in [0.29, 0.717) is 29.2 Å². The number of nitriles is 1. The van der Waals surface area contributed by atoms with E-state index in [1.54, 1.807) is 25.1 Å². The molecule has 0 saturated carbocycles. The lowest BCUT2D eigenvalue weighted by molar-refractivity contribution is 0.0515. The van der Waals surface area contributed by atoms with Crippen LogP contribution in [0.25, 0.3) is 0 Å². The fraction of sp³-hybridized carbons (Fsp3) is 0.235. The Morgan fingerprint density at radius 2 is 1.95 bits per heavy atom. The van der Waals surface area contributed by atoms with E-state index in [9.17, 15) is 5.11 Å². The molecule has 0 bridgehead atoms. The second-order valence-electron chi connectivity index (χ2n) is 5.12. The maximum atomic E-state index is 10.5. The van der Waals surface area contributed by atoms with Crippen molar-refractivity contribution in [2.75, 3.05) is 11.9 Å². The zero-order valence-electron chi connectivity index (χ0n) is 11.8. The van der Waals surface area contributed by atoms with Gasteiger partial charge in [0.1, 0.15) is 6.07 Å². The molecule has 0 amide bonds. The van der Waals surface area contributed by atoms with Gasteiger partial charge in [-0.15, -0.1) is 0 Å². The van der Waals surface area contributed by atoms with E-state index in [1.165, 1.54) is 0 Å². The number of rotatable bonds is 5. The van der Waals surface area contributed by atoms with Crippen LogP contribution in [-0.4, -0.2) is 11.7 Å². The number of hydrogen-bond donors (Lipinski definition) is 2. The molecule has 108 valence electrons. The Balaban J connectivity index is 2.02. The second-order valence-corrected chi connectivity index (χ2v) is 5.55. The molecule has 0 aliphatic rings. The van der Waals surface area contributed by atoms with Crippen LogP contribution < -0.4 is 5.32 Å². The molecule has 0 spiro atoms. The molecule has 3 nitrogen and oxygen atoms in total. The van der Waals surface area contributed by atoms with Gasteiger partial charge in [0.15, 0.2) is 0 Å². The molecule has 1 unspecified atom stereocenters. The Morgan fingerprint density at radius 3 is 2.62 bits per heavy atom. The molecule has 21 heavy (non-hydrogen) atoms. The standard InChI is InChI=1S/C17H17ClN2O/c1-17(21,14-5-3-2-4-6-14)9-10-20-16-11-15(18)8-7-13(16)12-19/h2-8,11,20-21H,9-10H2,1H3. The molecule has 4 heteroatoms. The minimum atomic E-state index is -0.917. The minimum absolute atomic E-state index is 0.522. The van der Waals surface area contributed by atoms with Crippen molar-refractivity contribution in [1.29, 1.82) is 5.26 Å². The molecule has 2 aromatic rings. The molecular formula is C17H17ClN2O. The van der Waals surface area contributed by atoms with Gasteiger partial charge in [-0.3, -0.25) is 0 Å². The smallest absolute Gasteiger partial charge is 0.101 e. The van der Waals surface area contributed by atoms with E-state index in [2.05, 4.69) is 11.4 Å². The highest BCUT2D eigenvalue weighted by atomic mass is 35.5. The maximum absolute atomic E-state index is 10.5. The molecule has 0 aliphatic heterocycles. The molecule has 0 heterocycles. The van der Waals surface area contributed by atoms with Gasteiger partial charge < -0.3 is 10.4 Å². The highest BCUT2D eigenvalue weighted by molar-refractivity contribution is 6.30. The lowest BCUT2D eigenvalue weighted by Crippen LogP contribution is -2.24. The van der Waals surface area contributed by atoms with E-state index < -0.39 is 5.60 Å². The lowest BCUT2D eigenvalue weighted by Gasteiger charge is -2.24. The summed E-state index contributed by atoms with van der Waals surface area (Å²) in [5, 5.41) is 23.3. The van der Waals surface area contributed by atoms with Crippen molar-refractivity contribution in [1.82, 2.24) is 0 Å². The zero-order chi connectivity index (χ0) is 15.3. The molecule has 0 radical (unpaired) electrons. The van der Waals surface area contributed by atoms with Crippen LogP contribution >= 0.6 is 11.6 Å². The average molecular weight is 301 g/mol. The molecule has 2 N–H and O–H groups in total. The first kappa shape index (κ1) is 15.4. The van der Waals surface area contributed by atoms with E-state index in [0.717, 1.165) is 5.56 Å². The summed E-state index contributed by atoms with van der Waals surface area (Å²) >= 11 is 5.94. The fourth-order valence-electron chi connectivity index (χ4n) is 2.14. The normalized spacial score (nSPS) is 13.2. The van der Waals surface area contributed by atoms with Crippen LogP contribution in [0.3, 0.4) is 0 Å². The Morgan fingerprint density at radius 1 is 1.24 bits per heavy atom. The quantitative estimate of drug-likeness (QED) is 0.880. The molecule has 2 aromatic carbocycles. The summed E-state index contributed by atoms with van der Waals surface area (Å²) in [5.74, 6) is 0. The van der Waals surface area contributed by atoms with Crippen molar-refractivity contribution in [2.24, 2.45) is 0 Å². The summed E-state index contributed by atoms with van der Waals surface area (Å²) in [5.41, 5.74) is 1.19. The first-order chi connectivity index (χ1) is 10.0. The number of anilines is 1. The Kier molecular flexibility index (Phi) is 4.85. The van der Waals surface area contributed by atoms with Crippen molar-refractivity contribution in [3.8, 4) is 6.07 Å². The summed E-state index contributed by atoms with van der Waals surface area (Å²) in [6.45, 7) is 2.32. The zero-order valence-corrected chi connectivity index (χ0v) is 12.6. The SMILES string of the molecule is CC(O)(CCNc1cc(Cl)ccc1C#N)c1ccccc1. The monoisotopic (exact) mass is 300 g/mol. The first-order valence-electron chi connectivity index (χ1n) is 6.74. The van der Waals surface area contributed by atoms with Crippen molar-refractivity contribution in [3.05, 3.63) is 64.7 Å². The van der Waals surface area contributed by atoms with E-state index in [1.807, 2.05) is 30.3 Å². The third-order valence-electron chi connectivity index (χ3n) is 3.43. The fourth-order valence-corrected chi connectivity index (χ4v) is 2.31.